The highest BCUT2D eigenvalue weighted by molar-refractivity contribution is 5.83. The quantitative estimate of drug-likeness (QED) is 0.587. The van der Waals surface area contributed by atoms with E-state index in [2.05, 4.69) is 11.8 Å². The third-order valence-electron chi connectivity index (χ3n) is 2.39. The maximum Gasteiger partial charge on any atom is 0.235 e. The second kappa shape index (κ2) is 3.62. The van der Waals surface area contributed by atoms with Gasteiger partial charge in [-0.2, -0.15) is 0 Å². The Balaban J connectivity index is 2.77. The predicted octanol–water partition coefficient (Wildman–Crippen LogP) is 1.45. The van der Waals surface area contributed by atoms with Gasteiger partial charge in [0, 0.05) is 6.42 Å². The Kier molecular flexibility index (Phi) is 2.75. The average molecular weight is 165 g/mol. The van der Waals surface area contributed by atoms with E-state index < -0.39 is 5.41 Å². The van der Waals surface area contributed by atoms with Crippen LogP contribution in [0.3, 0.4) is 0 Å². The van der Waals surface area contributed by atoms with Gasteiger partial charge in [-0.1, -0.05) is 18.8 Å². The van der Waals surface area contributed by atoms with E-state index in [1.165, 1.54) is 0 Å². The molecule has 2 N–H and O–H groups in total. The topological polar surface area (TPSA) is 43.1 Å². The lowest BCUT2D eigenvalue weighted by molar-refractivity contribution is -0.124. The van der Waals surface area contributed by atoms with Crippen molar-refractivity contribution in [2.75, 3.05) is 0 Å². The van der Waals surface area contributed by atoms with Gasteiger partial charge in [0.2, 0.25) is 5.91 Å². The Morgan fingerprint density at radius 3 is 2.83 bits per heavy atom. The van der Waals surface area contributed by atoms with Crippen molar-refractivity contribution >= 4 is 5.91 Å². The Morgan fingerprint density at radius 2 is 2.17 bits per heavy atom. The van der Waals surface area contributed by atoms with Gasteiger partial charge < -0.3 is 5.73 Å². The number of hydrogen-bond acceptors (Lipinski definition) is 1. The van der Waals surface area contributed by atoms with Crippen LogP contribution in [-0.2, 0) is 4.79 Å². The van der Waals surface area contributed by atoms with Gasteiger partial charge in [-0.3, -0.25) is 4.79 Å². The minimum absolute atomic E-state index is 0.281. The van der Waals surface area contributed by atoms with Crippen molar-refractivity contribution in [2.24, 2.45) is 11.1 Å². The Labute approximate surface area is 73.5 Å². The molecule has 1 unspecified atom stereocenters. The molecule has 2 nitrogen and oxygen atoms in total. The number of hydrogen-bond donors (Lipinski definition) is 1. The lowest BCUT2D eigenvalue weighted by atomic mass is 9.83. The Morgan fingerprint density at radius 1 is 1.42 bits per heavy atom. The van der Waals surface area contributed by atoms with Crippen molar-refractivity contribution in [3.05, 3.63) is 0 Å². The first-order valence-electron chi connectivity index (χ1n) is 4.45. The number of nitrogens with two attached hydrogens (primary N) is 1. The highest BCUT2D eigenvalue weighted by Crippen LogP contribution is 2.24. The molecule has 0 aromatic carbocycles. The van der Waals surface area contributed by atoms with E-state index in [1.807, 2.05) is 6.92 Å². The normalized spacial score (nSPS) is 29.4. The van der Waals surface area contributed by atoms with Crippen LogP contribution in [0.4, 0.5) is 0 Å². The molecule has 0 spiro atoms. The fourth-order valence-electron chi connectivity index (χ4n) is 1.37. The summed E-state index contributed by atoms with van der Waals surface area (Å²) >= 11 is 0. The third kappa shape index (κ3) is 2.01. The van der Waals surface area contributed by atoms with Crippen molar-refractivity contribution in [2.45, 2.75) is 39.0 Å². The second-order valence-electron chi connectivity index (χ2n) is 3.56. The van der Waals surface area contributed by atoms with Crippen molar-refractivity contribution in [1.29, 1.82) is 0 Å². The molecule has 0 bridgehead atoms. The molecule has 0 heterocycles. The zero-order valence-electron chi connectivity index (χ0n) is 7.52. The summed E-state index contributed by atoms with van der Waals surface area (Å²) < 4.78 is 0. The van der Waals surface area contributed by atoms with Crippen LogP contribution in [0.15, 0.2) is 0 Å². The number of amides is 1. The molecule has 12 heavy (non-hydrogen) atoms. The monoisotopic (exact) mass is 165 g/mol. The number of carbonyl (C=O) groups excluding carboxylic acids is 1. The summed E-state index contributed by atoms with van der Waals surface area (Å²) in [4.78, 5) is 11.1. The van der Waals surface area contributed by atoms with Gasteiger partial charge in [0.15, 0.2) is 0 Å². The molecule has 1 aliphatic carbocycles. The minimum atomic E-state index is -0.569. The van der Waals surface area contributed by atoms with Gasteiger partial charge in [0.05, 0.1) is 0 Å². The first kappa shape index (κ1) is 9.12. The SMILES string of the molecule is CC1(C(N)=O)C#CCCCCC1. The fourth-order valence-corrected chi connectivity index (χ4v) is 1.37. The fraction of sp³-hybridized carbons (Fsp3) is 0.700. The van der Waals surface area contributed by atoms with Crippen LogP contribution in [0.2, 0.25) is 0 Å². The van der Waals surface area contributed by atoms with E-state index in [1.54, 1.807) is 0 Å². The molecule has 1 atom stereocenters. The number of rotatable bonds is 1. The second-order valence-corrected chi connectivity index (χ2v) is 3.56. The van der Waals surface area contributed by atoms with Gasteiger partial charge in [0.1, 0.15) is 5.41 Å². The molecule has 1 amide bonds. The van der Waals surface area contributed by atoms with Crippen LogP contribution in [0.5, 0.6) is 0 Å². The molecule has 2 heteroatoms. The maximum atomic E-state index is 11.1. The Bertz CT molecular complexity index is 236. The maximum absolute atomic E-state index is 11.1. The third-order valence-corrected chi connectivity index (χ3v) is 2.39. The lowest BCUT2D eigenvalue weighted by Gasteiger charge is -2.20. The summed E-state index contributed by atoms with van der Waals surface area (Å²) in [5.41, 5.74) is 4.71. The van der Waals surface area contributed by atoms with Gasteiger partial charge in [-0.15, -0.1) is 5.92 Å². The zero-order valence-corrected chi connectivity index (χ0v) is 7.52. The summed E-state index contributed by atoms with van der Waals surface area (Å²) in [6.07, 6.45) is 5.10. The molecule has 0 aromatic heterocycles. The molecule has 0 saturated carbocycles. The first-order chi connectivity index (χ1) is 5.65. The lowest BCUT2D eigenvalue weighted by Crippen LogP contribution is -2.33. The highest BCUT2D eigenvalue weighted by Gasteiger charge is 2.28. The molecule has 66 valence electrons. The molecular formula is C10H15NO. The van der Waals surface area contributed by atoms with Crippen molar-refractivity contribution in [1.82, 2.24) is 0 Å². The van der Waals surface area contributed by atoms with E-state index >= 15 is 0 Å². The molecule has 0 saturated heterocycles. The van der Waals surface area contributed by atoms with Crippen LogP contribution < -0.4 is 5.73 Å². The van der Waals surface area contributed by atoms with E-state index in [0.717, 1.165) is 32.1 Å². The molecular weight excluding hydrogens is 150 g/mol. The summed E-state index contributed by atoms with van der Waals surface area (Å²) in [5, 5.41) is 0. The Hall–Kier alpha value is -0.970. The van der Waals surface area contributed by atoms with Gasteiger partial charge >= 0.3 is 0 Å². The van der Waals surface area contributed by atoms with E-state index in [0.29, 0.717) is 0 Å². The average Bonchev–Trinajstić information content (AvgIpc) is 1.97. The van der Waals surface area contributed by atoms with E-state index in [4.69, 9.17) is 5.73 Å². The van der Waals surface area contributed by atoms with E-state index in [-0.39, 0.29) is 5.91 Å². The van der Waals surface area contributed by atoms with Crippen LogP contribution >= 0.6 is 0 Å². The van der Waals surface area contributed by atoms with Gasteiger partial charge in [-0.25, -0.2) is 0 Å². The summed E-state index contributed by atoms with van der Waals surface area (Å²) in [5.74, 6) is 5.70. The number of carbonyl (C=O) groups is 1. The molecule has 1 rings (SSSR count). The van der Waals surface area contributed by atoms with Crippen LogP contribution in [0, 0.1) is 17.3 Å². The van der Waals surface area contributed by atoms with E-state index in [9.17, 15) is 4.79 Å². The molecule has 1 aliphatic rings. The standard InChI is InChI=1S/C10H15NO/c1-10(9(11)12)7-5-3-2-4-6-8-10/h2-5,7H2,1H3,(H2,11,12). The summed E-state index contributed by atoms with van der Waals surface area (Å²) in [7, 11) is 0. The molecule has 0 aliphatic heterocycles. The predicted molar refractivity (Wildman–Crippen MR) is 48.2 cm³/mol. The van der Waals surface area contributed by atoms with Crippen LogP contribution in [0.1, 0.15) is 39.0 Å². The smallest absolute Gasteiger partial charge is 0.235 e. The van der Waals surface area contributed by atoms with Crippen molar-refractivity contribution < 1.29 is 4.79 Å². The van der Waals surface area contributed by atoms with Gasteiger partial charge in [-0.05, 0) is 19.8 Å². The van der Waals surface area contributed by atoms with Crippen LogP contribution in [0.25, 0.3) is 0 Å². The first-order valence-corrected chi connectivity index (χ1v) is 4.45. The highest BCUT2D eigenvalue weighted by atomic mass is 16.1. The summed E-state index contributed by atoms with van der Waals surface area (Å²) in [6.45, 7) is 1.84. The summed E-state index contributed by atoms with van der Waals surface area (Å²) in [6, 6.07) is 0. The zero-order chi connectivity index (χ0) is 9.03. The largest absolute Gasteiger partial charge is 0.368 e. The minimum Gasteiger partial charge on any atom is -0.368 e. The van der Waals surface area contributed by atoms with Crippen LogP contribution in [-0.4, -0.2) is 5.91 Å². The number of primary amides is 1. The van der Waals surface area contributed by atoms with Gasteiger partial charge in [0.25, 0.3) is 0 Å². The molecule has 0 aromatic rings. The van der Waals surface area contributed by atoms with Crippen molar-refractivity contribution in [3.8, 4) is 11.8 Å². The molecule has 0 fully saturated rings. The molecule has 0 radical (unpaired) electrons. The van der Waals surface area contributed by atoms with Crippen molar-refractivity contribution in [3.63, 3.8) is 0 Å².